The molecular weight excluding hydrogens is 161 g/mol. The van der Waals surface area contributed by atoms with E-state index < -0.39 is 18.5 Å². The lowest BCUT2D eigenvalue weighted by atomic mass is 10.0. The van der Waals surface area contributed by atoms with E-state index in [2.05, 4.69) is 9.47 Å². The zero-order valence-corrected chi connectivity index (χ0v) is 5.86. The number of rotatable bonds is 2. The van der Waals surface area contributed by atoms with Gasteiger partial charge in [-0.3, -0.25) is 0 Å². The van der Waals surface area contributed by atoms with Crippen LogP contribution in [-0.4, -0.2) is 32.6 Å². The summed E-state index contributed by atoms with van der Waals surface area (Å²) in [7, 11) is 0. The van der Waals surface area contributed by atoms with E-state index in [-0.39, 0.29) is 20.0 Å². The number of hydrogen-bond donors (Lipinski definition) is 0. The molecule has 0 amide bonds. The van der Waals surface area contributed by atoms with Crippen molar-refractivity contribution in [2.75, 3.05) is 26.7 Å². The van der Waals surface area contributed by atoms with Gasteiger partial charge in [0.15, 0.2) is 6.67 Å². The van der Waals surface area contributed by atoms with Crippen LogP contribution in [0.4, 0.5) is 13.2 Å². The third kappa shape index (κ3) is 2.07. The minimum atomic E-state index is -3.31. The van der Waals surface area contributed by atoms with E-state index in [1.807, 2.05) is 0 Å². The van der Waals surface area contributed by atoms with Crippen molar-refractivity contribution in [1.82, 2.24) is 0 Å². The predicted molar refractivity (Wildman–Crippen MR) is 31.2 cm³/mol. The number of alkyl halides is 3. The van der Waals surface area contributed by atoms with Gasteiger partial charge < -0.3 is 9.47 Å². The monoisotopic (exact) mass is 170 g/mol. The van der Waals surface area contributed by atoms with Crippen LogP contribution in [0.5, 0.6) is 0 Å². The Balaban J connectivity index is 2.43. The Morgan fingerprint density at radius 1 is 1.27 bits per heavy atom. The van der Waals surface area contributed by atoms with Gasteiger partial charge in [0.05, 0.1) is 19.1 Å². The fourth-order valence-electron chi connectivity index (χ4n) is 0.841. The van der Waals surface area contributed by atoms with Gasteiger partial charge in [0.2, 0.25) is 0 Å². The first-order valence-corrected chi connectivity index (χ1v) is 3.26. The smallest absolute Gasteiger partial charge is 0.283 e. The average Bonchev–Trinajstić information content (AvgIpc) is 2.06. The Labute approximate surface area is 62.3 Å². The van der Waals surface area contributed by atoms with Gasteiger partial charge in [-0.1, -0.05) is 0 Å². The molecule has 0 radical (unpaired) electrons. The van der Waals surface area contributed by atoms with E-state index in [0.29, 0.717) is 0 Å². The van der Waals surface area contributed by atoms with Gasteiger partial charge in [-0.25, -0.2) is 13.2 Å². The van der Waals surface area contributed by atoms with Crippen LogP contribution in [-0.2, 0) is 9.47 Å². The van der Waals surface area contributed by atoms with Crippen molar-refractivity contribution in [2.24, 2.45) is 5.92 Å². The van der Waals surface area contributed by atoms with E-state index in [1.54, 1.807) is 0 Å². The van der Waals surface area contributed by atoms with Gasteiger partial charge in [-0.2, -0.15) is 0 Å². The molecule has 1 saturated heterocycles. The second-order valence-corrected chi connectivity index (χ2v) is 2.45. The first-order valence-electron chi connectivity index (χ1n) is 3.26. The molecule has 0 spiro atoms. The molecule has 66 valence electrons. The molecule has 0 aliphatic carbocycles. The normalized spacial score (nSPS) is 22.1. The lowest BCUT2D eigenvalue weighted by Gasteiger charge is -2.27. The molecule has 1 fully saturated rings. The average molecular weight is 170 g/mol. The molecule has 0 aromatic carbocycles. The van der Waals surface area contributed by atoms with Gasteiger partial charge in [0.25, 0.3) is 5.92 Å². The van der Waals surface area contributed by atoms with Crippen molar-refractivity contribution in [3.63, 3.8) is 0 Å². The zero-order chi connectivity index (χ0) is 8.32. The number of ether oxygens (including phenoxy) is 2. The second-order valence-electron chi connectivity index (χ2n) is 2.45. The highest BCUT2D eigenvalue weighted by Crippen LogP contribution is 2.27. The quantitative estimate of drug-likeness (QED) is 0.620. The lowest BCUT2D eigenvalue weighted by Crippen LogP contribution is -2.40. The third-order valence-electron chi connectivity index (χ3n) is 1.58. The first kappa shape index (κ1) is 8.80. The minimum absolute atomic E-state index is 0.0267. The van der Waals surface area contributed by atoms with Crippen LogP contribution >= 0.6 is 0 Å². The molecule has 1 aliphatic heterocycles. The molecule has 1 heterocycles. The van der Waals surface area contributed by atoms with Crippen LogP contribution < -0.4 is 0 Å². The fourth-order valence-corrected chi connectivity index (χ4v) is 0.841. The molecule has 1 aliphatic rings. The molecular formula is C6H9F3O2. The Hall–Kier alpha value is -0.290. The van der Waals surface area contributed by atoms with E-state index >= 15 is 0 Å². The second kappa shape index (κ2) is 3.40. The van der Waals surface area contributed by atoms with Crippen LogP contribution in [0.1, 0.15) is 0 Å². The molecule has 0 N–H and O–H groups in total. The van der Waals surface area contributed by atoms with Gasteiger partial charge in [-0.15, -0.1) is 0 Å². The van der Waals surface area contributed by atoms with Crippen LogP contribution in [0.25, 0.3) is 0 Å². The Kier molecular flexibility index (Phi) is 2.72. The van der Waals surface area contributed by atoms with Crippen molar-refractivity contribution in [1.29, 1.82) is 0 Å². The lowest BCUT2D eigenvalue weighted by molar-refractivity contribution is -0.194. The molecule has 0 aromatic heterocycles. The van der Waals surface area contributed by atoms with Gasteiger partial charge in [0.1, 0.15) is 6.79 Å². The highest BCUT2D eigenvalue weighted by molar-refractivity contribution is 4.77. The summed E-state index contributed by atoms with van der Waals surface area (Å²) in [4.78, 5) is 0. The molecule has 0 aromatic rings. The van der Waals surface area contributed by atoms with Gasteiger partial charge in [0, 0.05) is 0 Å². The zero-order valence-electron chi connectivity index (χ0n) is 5.86. The Bertz CT molecular complexity index is 123. The third-order valence-corrected chi connectivity index (χ3v) is 1.58. The summed E-state index contributed by atoms with van der Waals surface area (Å²) >= 11 is 0. The van der Waals surface area contributed by atoms with Crippen LogP contribution in [0, 0.1) is 5.92 Å². The van der Waals surface area contributed by atoms with Gasteiger partial charge >= 0.3 is 0 Å². The summed E-state index contributed by atoms with van der Waals surface area (Å²) in [6, 6.07) is 0. The summed E-state index contributed by atoms with van der Waals surface area (Å²) in [5, 5.41) is 0. The molecule has 0 saturated carbocycles. The SMILES string of the molecule is FCC(F)(F)C1COCOC1. The molecule has 1 rings (SSSR count). The summed E-state index contributed by atoms with van der Waals surface area (Å²) in [5.74, 6) is -4.44. The van der Waals surface area contributed by atoms with Crippen molar-refractivity contribution in [3.05, 3.63) is 0 Å². The highest BCUT2D eigenvalue weighted by Gasteiger charge is 2.41. The maximum absolute atomic E-state index is 12.5. The molecule has 0 unspecified atom stereocenters. The maximum atomic E-state index is 12.5. The van der Waals surface area contributed by atoms with Crippen molar-refractivity contribution >= 4 is 0 Å². The largest absolute Gasteiger partial charge is 0.355 e. The summed E-state index contributed by atoms with van der Waals surface area (Å²) in [5.41, 5.74) is 0. The van der Waals surface area contributed by atoms with Crippen molar-refractivity contribution in [2.45, 2.75) is 5.92 Å². The van der Waals surface area contributed by atoms with Crippen LogP contribution in [0.2, 0.25) is 0 Å². The van der Waals surface area contributed by atoms with Gasteiger partial charge in [-0.05, 0) is 0 Å². The van der Waals surface area contributed by atoms with Crippen LogP contribution in [0.3, 0.4) is 0 Å². The van der Waals surface area contributed by atoms with E-state index in [1.165, 1.54) is 0 Å². The first-order chi connectivity index (χ1) is 5.17. The minimum Gasteiger partial charge on any atom is -0.355 e. The Morgan fingerprint density at radius 3 is 2.27 bits per heavy atom. The molecule has 5 heteroatoms. The number of hydrogen-bond acceptors (Lipinski definition) is 2. The Morgan fingerprint density at radius 2 is 1.82 bits per heavy atom. The molecule has 0 bridgehead atoms. The highest BCUT2D eigenvalue weighted by atomic mass is 19.3. The summed E-state index contributed by atoms with van der Waals surface area (Å²) < 4.78 is 45.9. The van der Waals surface area contributed by atoms with Crippen LogP contribution in [0.15, 0.2) is 0 Å². The van der Waals surface area contributed by atoms with E-state index in [0.717, 1.165) is 0 Å². The maximum Gasteiger partial charge on any atom is 0.283 e. The fraction of sp³-hybridized carbons (Fsp3) is 1.00. The standard InChI is InChI=1S/C6H9F3O2/c7-3-6(8,9)5-1-10-4-11-2-5/h5H,1-4H2. The van der Waals surface area contributed by atoms with E-state index in [4.69, 9.17) is 0 Å². The molecule has 2 nitrogen and oxygen atoms in total. The van der Waals surface area contributed by atoms with E-state index in [9.17, 15) is 13.2 Å². The molecule has 11 heavy (non-hydrogen) atoms. The summed E-state index contributed by atoms with van der Waals surface area (Å²) in [6.45, 7) is -1.88. The topological polar surface area (TPSA) is 18.5 Å². The number of halogens is 3. The predicted octanol–water partition coefficient (Wildman–Crippen LogP) is 1.21. The van der Waals surface area contributed by atoms with Crippen molar-refractivity contribution < 1.29 is 22.6 Å². The summed E-state index contributed by atoms with van der Waals surface area (Å²) in [6.07, 6.45) is 0. The molecule has 0 atom stereocenters. The van der Waals surface area contributed by atoms with Crippen molar-refractivity contribution in [3.8, 4) is 0 Å².